The van der Waals surface area contributed by atoms with E-state index in [2.05, 4.69) is 34.6 Å². The van der Waals surface area contributed by atoms with Crippen molar-refractivity contribution in [2.45, 2.75) is 42.7 Å². The molecule has 0 bridgehead atoms. The van der Waals surface area contributed by atoms with Gasteiger partial charge in [0.25, 0.3) is 0 Å². The average Bonchev–Trinajstić information content (AvgIpc) is 3.60. The van der Waals surface area contributed by atoms with Crippen LogP contribution in [0.2, 0.25) is 0 Å². The molecule has 2 N–H and O–H groups in total. The monoisotopic (exact) mass is 677 g/mol. The summed E-state index contributed by atoms with van der Waals surface area (Å²) >= 11 is 6.95. The van der Waals surface area contributed by atoms with Crippen molar-refractivity contribution < 1.29 is 28.4 Å². The Morgan fingerprint density at radius 2 is 1.64 bits per heavy atom. The van der Waals surface area contributed by atoms with Crippen molar-refractivity contribution in [3.63, 3.8) is 0 Å². The van der Waals surface area contributed by atoms with E-state index in [4.69, 9.17) is 40.3 Å². The van der Waals surface area contributed by atoms with Crippen LogP contribution in [0.3, 0.4) is 0 Å². The summed E-state index contributed by atoms with van der Waals surface area (Å²) < 4.78 is 36.4. The Kier molecular flexibility index (Phi) is 9.55. The summed E-state index contributed by atoms with van der Waals surface area (Å²) in [6.07, 6.45) is -1.30. The molecule has 2 unspecified atom stereocenters. The van der Waals surface area contributed by atoms with Crippen LogP contribution in [0, 0.1) is 0 Å². The van der Waals surface area contributed by atoms with Crippen molar-refractivity contribution in [1.82, 2.24) is 19.5 Å². The third-order valence-corrected chi connectivity index (χ3v) is 9.31. The first-order valence-corrected chi connectivity index (χ1v) is 17.5. The smallest absolute Gasteiger partial charge is 0.247 e. The lowest BCUT2D eigenvalue weighted by Crippen LogP contribution is -2.40. The first-order chi connectivity index (χ1) is 22.7. The maximum Gasteiger partial charge on any atom is 0.247 e. The number of hydrogen-bond donors (Lipinski definition) is 2. The van der Waals surface area contributed by atoms with Crippen molar-refractivity contribution in [2.75, 3.05) is 32.3 Å². The Morgan fingerprint density at radius 1 is 1.02 bits per heavy atom. The van der Waals surface area contributed by atoms with E-state index in [-0.39, 0.29) is 18.4 Å². The van der Waals surface area contributed by atoms with Gasteiger partial charge in [0, 0.05) is 6.66 Å². The molecule has 11 nitrogen and oxygen atoms in total. The van der Waals surface area contributed by atoms with Crippen molar-refractivity contribution in [3.8, 4) is 11.6 Å². The van der Waals surface area contributed by atoms with Crippen LogP contribution in [0.15, 0.2) is 91.3 Å². The van der Waals surface area contributed by atoms with E-state index >= 15 is 0 Å². The number of aliphatic hydroxyl groups is 1. The number of halogens is 1. The molecule has 3 heterocycles. The highest BCUT2D eigenvalue weighted by molar-refractivity contribution is 7.38. The van der Waals surface area contributed by atoms with Gasteiger partial charge in [0.2, 0.25) is 11.8 Å². The van der Waals surface area contributed by atoms with Crippen LogP contribution in [0.1, 0.15) is 36.8 Å². The third kappa shape index (κ3) is 6.22. The zero-order chi connectivity index (χ0) is 33.2. The normalized spacial score (nSPS) is 21.9. The van der Waals surface area contributed by atoms with E-state index in [0.717, 1.165) is 22.4 Å². The summed E-state index contributed by atoms with van der Waals surface area (Å²) in [5.74, 6) is 1.25. The number of imidazole rings is 1. The van der Waals surface area contributed by atoms with Gasteiger partial charge in [-0.15, -0.1) is 11.6 Å². The molecule has 3 aromatic carbocycles. The number of ether oxygens (including phenoxy) is 3. The van der Waals surface area contributed by atoms with Crippen LogP contribution < -0.4 is 14.8 Å². The summed E-state index contributed by atoms with van der Waals surface area (Å²) in [7, 11) is -0.614. The van der Waals surface area contributed by atoms with Gasteiger partial charge in [-0.25, -0.2) is 4.98 Å². The van der Waals surface area contributed by atoms with E-state index in [1.165, 1.54) is 6.66 Å². The van der Waals surface area contributed by atoms with E-state index < -0.39 is 36.9 Å². The topological polar surface area (TPSA) is 130 Å². The second kappa shape index (κ2) is 13.6. The maximum atomic E-state index is 11.7. The molecule has 1 saturated heterocycles. The number of nitrogens with zero attached hydrogens (tertiary/aromatic N) is 4. The fraction of sp³-hybridized carbons (Fsp3) is 0.324. The summed E-state index contributed by atoms with van der Waals surface area (Å²) in [6, 6.07) is 28.0. The third-order valence-electron chi connectivity index (χ3n) is 8.33. The van der Waals surface area contributed by atoms with Gasteiger partial charge in [0.05, 0.1) is 26.7 Å². The molecule has 6 rings (SSSR count). The molecular formula is C34H37ClN5O6P. The molecule has 0 radical (unpaired) electrons. The lowest BCUT2D eigenvalue weighted by Gasteiger charge is -2.37. The van der Waals surface area contributed by atoms with Crippen molar-refractivity contribution in [2.24, 2.45) is 0 Å². The Hall–Kier alpha value is -3.99. The quantitative estimate of drug-likeness (QED) is 0.0919. The van der Waals surface area contributed by atoms with Crippen LogP contribution in [0.25, 0.3) is 11.2 Å². The number of aromatic nitrogens is 4. The summed E-state index contributed by atoms with van der Waals surface area (Å²) in [6.45, 7) is 5.27. The highest BCUT2D eigenvalue weighted by Crippen LogP contribution is 2.46. The molecule has 0 aliphatic carbocycles. The summed E-state index contributed by atoms with van der Waals surface area (Å²) in [5, 5.41) is 14.8. The number of anilines is 1. The van der Waals surface area contributed by atoms with E-state index in [1.807, 2.05) is 67.6 Å². The molecule has 0 amide bonds. The number of aliphatic hydroxyl groups excluding tert-OH is 1. The Labute approximate surface area is 278 Å². The zero-order valence-electron chi connectivity index (χ0n) is 26.5. The second-order valence-electron chi connectivity index (χ2n) is 11.4. The largest absolute Gasteiger partial charge is 0.497 e. The van der Waals surface area contributed by atoms with E-state index in [9.17, 15) is 9.67 Å². The fourth-order valence-corrected chi connectivity index (χ4v) is 6.70. The standard InChI is InChI=1S/C34H37ClN5O6P/c1-5-44-30-27-29(40(21-36-27)31-33(2,35)28(41)26(46-31)20-45-47(4)42)37-32(38-30)39-34(22-12-8-6-9-13-22,23-14-10-7-11-15-23)24-16-18-25(43-3)19-17-24/h6-19,21,26,28,31,41,47H,5,20H2,1-4H3,(H,37,38,39)/t26-,28-,31?,33-/m1/s1. The minimum Gasteiger partial charge on any atom is -0.497 e. The predicted octanol–water partition coefficient (Wildman–Crippen LogP) is 6.01. The van der Waals surface area contributed by atoms with Gasteiger partial charge in [-0.3, -0.25) is 9.13 Å². The lowest BCUT2D eigenvalue weighted by atomic mass is 9.77. The highest BCUT2D eigenvalue weighted by atomic mass is 35.5. The zero-order valence-corrected chi connectivity index (χ0v) is 28.2. The van der Waals surface area contributed by atoms with Gasteiger partial charge in [0.15, 0.2) is 25.4 Å². The minimum absolute atomic E-state index is 0.0780. The fourth-order valence-electron chi connectivity index (χ4n) is 6.01. The van der Waals surface area contributed by atoms with Crippen molar-refractivity contribution >= 4 is 36.7 Å². The molecular weight excluding hydrogens is 641 g/mol. The molecule has 246 valence electrons. The van der Waals surface area contributed by atoms with Crippen LogP contribution in [-0.4, -0.2) is 68.7 Å². The molecule has 2 aromatic heterocycles. The Balaban J connectivity index is 1.53. The summed E-state index contributed by atoms with van der Waals surface area (Å²) in [4.78, 5) is 13.1. The Bertz CT molecular complexity index is 1800. The first kappa shape index (κ1) is 32.9. The first-order valence-electron chi connectivity index (χ1n) is 15.3. The van der Waals surface area contributed by atoms with Gasteiger partial charge >= 0.3 is 0 Å². The molecule has 1 fully saturated rings. The van der Waals surface area contributed by atoms with E-state index in [1.54, 1.807) is 24.9 Å². The number of rotatable bonds is 12. The summed E-state index contributed by atoms with van der Waals surface area (Å²) in [5.41, 5.74) is 2.62. The van der Waals surface area contributed by atoms with Crippen LogP contribution in [0.5, 0.6) is 11.6 Å². The predicted molar refractivity (Wildman–Crippen MR) is 181 cm³/mol. The van der Waals surface area contributed by atoms with Crippen LogP contribution in [-0.2, 0) is 19.4 Å². The molecule has 0 saturated carbocycles. The van der Waals surface area contributed by atoms with Gasteiger partial charge in [-0.2, -0.15) is 9.97 Å². The molecule has 13 heteroatoms. The minimum atomic E-state index is -2.25. The van der Waals surface area contributed by atoms with Crippen molar-refractivity contribution in [1.29, 1.82) is 0 Å². The molecule has 5 atom stereocenters. The highest BCUT2D eigenvalue weighted by Gasteiger charge is 2.53. The molecule has 47 heavy (non-hydrogen) atoms. The van der Waals surface area contributed by atoms with Gasteiger partial charge < -0.3 is 29.2 Å². The van der Waals surface area contributed by atoms with Crippen molar-refractivity contribution in [3.05, 3.63) is 108 Å². The number of nitrogens with one attached hydrogen (secondary N) is 1. The number of methoxy groups -OCH3 is 1. The number of hydrogen-bond acceptors (Lipinski definition) is 10. The van der Waals surface area contributed by atoms with Gasteiger partial charge in [-0.05, 0) is 42.7 Å². The number of benzene rings is 3. The van der Waals surface area contributed by atoms with Gasteiger partial charge in [-0.1, -0.05) is 72.8 Å². The van der Waals surface area contributed by atoms with Gasteiger partial charge in [0.1, 0.15) is 28.4 Å². The number of fused-ring (bicyclic) bond motifs is 1. The van der Waals surface area contributed by atoms with Crippen LogP contribution >= 0.6 is 19.6 Å². The lowest BCUT2D eigenvalue weighted by molar-refractivity contribution is -0.0378. The Morgan fingerprint density at radius 3 is 2.21 bits per heavy atom. The molecule has 0 spiro atoms. The molecule has 1 aliphatic rings. The average molecular weight is 678 g/mol. The SMILES string of the molecule is CCOc1nc(NC(c2ccccc2)(c2ccccc2)c2ccc(OC)cc2)nc2c1ncn2C1O[C@H](CO[PH](C)=O)[C@@H](O)[C@@]1(C)Cl. The van der Waals surface area contributed by atoms with E-state index in [0.29, 0.717) is 17.8 Å². The second-order valence-corrected chi connectivity index (χ2v) is 13.5. The molecule has 5 aromatic rings. The maximum absolute atomic E-state index is 11.7. The van der Waals surface area contributed by atoms with Crippen LogP contribution in [0.4, 0.5) is 5.95 Å². The molecule has 1 aliphatic heterocycles. The number of alkyl halides is 1.